The third kappa shape index (κ3) is 7.12. The van der Waals surface area contributed by atoms with E-state index in [-0.39, 0.29) is 6.10 Å². The Balaban J connectivity index is 0.811. The minimum Gasteiger partial charge on any atom is -0.393 e. The number of fused-ring (bicyclic) bond motifs is 3. The van der Waals surface area contributed by atoms with E-state index in [0.717, 1.165) is 83.6 Å². The monoisotopic (exact) mass is 632 g/mol. The molecule has 0 amide bonds. The average Bonchev–Trinajstić information content (AvgIpc) is 3.12. The maximum atomic E-state index is 11.2. The summed E-state index contributed by atoms with van der Waals surface area (Å²) in [6, 6.07) is 1.60. The number of rotatable bonds is 6. The Morgan fingerprint density at radius 3 is 1.76 bits per heavy atom. The van der Waals surface area contributed by atoms with Crippen LogP contribution in [0.15, 0.2) is 12.2 Å². The van der Waals surface area contributed by atoms with E-state index in [4.69, 9.17) is 0 Å². The Bertz CT molecular complexity index is 968. The highest BCUT2D eigenvalue weighted by molar-refractivity contribution is 5.06. The fraction of sp³-hybridized carbons (Fsp3) is 0.955. The normalized spacial score (nSPS) is 49.2. The first kappa shape index (κ1) is 32.8. The first-order valence-corrected chi connectivity index (χ1v) is 21.8. The highest BCUT2D eigenvalue weighted by Crippen LogP contribution is 2.56. The summed E-state index contributed by atoms with van der Waals surface area (Å²) in [6.45, 7) is 0. The lowest BCUT2D eigenvalue weighted by atomic mass is 9.52. The molecule has 260 valence electrons. The standard InChI is InChI=1S/C44H73NO/c46-44-29-34(24-27-39(44)31-10-2-1-3-11-31)30-18-20-32(21-19-30)38-14-8-9-17-43(38)45-36-25-22-33(23-26-36)42-28-35-12-4-5-13-37(35)40-15-6-7-16-41(40)42/h4,12,30-46H,1-3,5-11,13-29H2. The van der Waals surface area contributed by atoms with Gasteiger partial charge < -0.3 is 10.4 Å². The van der Waals surface area contributed by atoms with Crippen molar-refractivity contribution in [2.24, 2.45) is 71.0 Å². The van der Waals surface area contributed by atoms with Gasteiger partial charge in [0.2, 0.25) is 0 Å². The second kappa shape index (κ2) is 15.3. The van der Waals surface area contributed by atoms with Crippen molar-refractivity contribution in [1.29, 1.82) is 0 Å². The van der Waals surface area contributed by atoms with Gasteiger partial charge in [-0.05, 0) is 187 Å². The Kier molecular flexibility index (Phi) is 10.9. The van der Waals surface area contributed by atoms with Crippen LogP contribution in [0.2, 0.25) is 0 Å². The van der Waals surface area contributed by atoms with Gasteiger partial charge in [0.15, 0.2) is 0 Å². The van der Waals surface area contributed by atoms with Crippen LogP contribution >= 0.6 is 0 Å². The molecule has 2 N–H and O–H groups in total. The van der Waals surface area contributed by atoms with Crippen molar-refractivity contribution in [2.45, 2.75) is 192 Å². The van der Waals surface area contributed by atoms with Crippen LogP contribution in [0.4, 0.5) is 0 Å². The Hall–Kier alpha value is -0.340. The predicted molar refractivity (Wildman–Crippen MR) is 192 cm³/mol. The van der Waals surface area contributed by atoms with Crippen molar-refractivity contribution in [3.8, 4) is 0 Å². The summed E-state index contributed by atoms with van der Waals surface area (Å²) in [5, 5.41) is 15.6. The van der Waals surface area contributed by atoms with E-state index < -0.39 is 0 Å². The molecule has 8 aliphatic carbocycles. The Labute approximate surface area is 284 Å². The van der Waals surface area contributed by atoms with Crippen LogP contribution < -0.4 is 5.32 Å². The number of aliphatic hydroxyl groups is 1. The third-order valence-electron chi connectivity index (χ3n) is 17.0. The zero-order chi connectivity index (χ0) is 30.9. The van der Waals surface area contributed by atoms with Gasteiger partial charge in [0.25, 0.3) is 0 Å². The van der Waals surface area contributed by atoms with Gasteiger partial charge in [-0.15, -0.1) is 0 Å². The van der Waals surface area contributed by atoms with Gasteiger partial charge in [-0.3, -0.25) is 0 Å². The molecule has 0 aromatic carbocycles. The molecular weight excluding hydrogens is 558 g/mol. The minimum atomic E-state index is 0.00445. The molecule has 0 bridgehead atoms. The summed E-state index contributed by atoms with van der Waals surface area (Å²) in [5.74, 6) is 11.3. The van der Waals surface area contributed by atoms with E-state index in [1.807, 2.05) is 0 Å². The summed E-state index contributed by atoms with van der Waals surface area (Å²) in [5.41, 5.74) is 0. The second-order valence-corrected chi connectivity index (χ2v) is 19.1. The first-order valence-electron chi connectivity index (χ1n) is 21.8. The fourth-order valence-electron chi connectivity index (χ4n) is 14.7. The number of hydrogen-bond donors (Lipinski definition) is 2. The predicted octanol–water partition coefficient (Wildman–Crippen LogP) is 11.3. The molecule has 7 fully saturated rings. The van der Waals surface area contributed by atoms with Gasteiger partial charge in [0.05, 0.1) is 6.10 Å². The summed E-state index contributed by atoms with van der Waals surface area (Å²) in [6.07, 6.45) is 44.5. The number of nitrogens with one attached hydrogen (secondary N) is 1. The molecule has 8 rings (SSSR count). The van der Waals surface area contributed by atoms with Crippen LogP contribution in [0.3, 0.4) is 0 Å². The van der Waals surface area contributed by atoms with E-state index >= 15 is 0 Å². The zero-order valence-electron chi connectivity index (χ0n) is 29.9. The van der Waals surface area contributed by atoms with E-state index in [1.165, 1.54) is 148 Å². The highest BCUT2D eigenvalue weighted by Gasteiger charge is 2.48. The molecule has 2 heteroatoms. The number of allylic oxidation sites excluding steroid dienone is 2. The smallest absolute Gasteiger partial charge is 0.0573 e. The van der Waals surface area contributed by atoms with Crippen molar-refractivity contribution in [1.82, 2.24) is 5.32 Å². The largest absolute Gasteiger partial charge is 0.393 e. The lowest BCUT2D eigenvalue weighted by Crippen LogP contribution is -2.49. The van der Waals surface area contributed by atoms with Crippen molar-refractivity contribution in [2.75, 3.05) is 0 Å². The summed E-state index contributed by atoms with van der Waals surface area (Å²) in [7, 11) is 0. The fourth-order valence-corrected chi connectivity index (χ4v) is 14.7. The number of hydrogen-bond acceptors (Lipinski definition) is 2. The van der Waals surface area contributed by atoms with Crippen molar-refractivity contribution in [3.05, 3.63) is 12.2 Å². The molecular formula is C44H73NO. The molecule has 2 nitrogen and oxygen atoms in total. The van der Waals surface area contributed by atoms with E-state index in [9.17, 15) is 5.11 Å². The van der Waals surface area contributed by atoms with Crippen LogP contribution in [0, 0.1) is 71.0 Å². The maximum absolute atomic E-state index is 11.2. The maximum Gasteiger partial charge on any atom is 0.0573 e. The lowest BCUT2D eigenvalue weighted by molar-refractivity contribution is -0.0202. The lowest BCUT2D eigenvalue weighted by Gasteiger charge is -2.53. The van der Waals surface area contributed by atoms with Gasteiger partial charge in [0.1, 0.15) is 0 Å². The van der Waals surface area contributed by atoms with Crippen LogP contribution in [-0.2, 0) is 0 Å². The van der Waals surface area contributed by atoms with E-state index in [0.29, 0.717) is 5.92 Å². The van der Waals surface area contributed by atoms with Gasteiger partial charge in [-0.1, -0.05) is 69.9 Å². The minimum absolute atomic E-state index is 0.00445. The topological polar surface area (TPSA) is 32.3 Å². The molecule has 0 heterocycles. The summed E-state index contributed by atoms with van der Waals surface area (Å²) < 4.78 is 0. The Morgan fingerprint density at radius 1 is 0.413 bits per heavy atom. The molecule has 46 heavy (non-hydrogen) atoms. The van der Waals surface area contributed by atoms with Gasteiger partial charge in [-0.25, -0.2) is 0 Å². The van der Waals surface area contributed by atoms with Gasteiger partial charge in [0, 0.05) is 12.1 Å². The van der Waals surface area contributed by atoms with Crippen LogP contribution in [0.25, 0.3) is 0 Å². The van der Waals surface area contributed by atoms with Crippen LogP contribution in [0.5, 0.6) is 0 Å². The van der Waals surface area contributed by atoms with Crippen LogP contribution in [0.1, 0.15) is 173 Å². The average molecular weight is 632 g/mol. The molecule has 0 aromatic rings. The van der Waals surface area contributed by atoms with E-state index in [1.54, 1.807) is 19.3 Å². The molecule has 0 aromatic heterocycles. The molecule has 0 spiro atoms. The SMILES string of the molecule is OC1CC(C2CCC(C3CCCCC3NC3CCC(C4CC5C=CCCC5C5CCCCC45)CC3)CC2)CCC1C1CCCCC1. The van der Waals surface area contributed by atoms with Gasteiger partial charge in [-0.2, -0.15) is 0 Å². The third-order valence-corrected chi connectivity index (χ3v) is 17.0. The Morgan fingerprint density at radius 2 is 1.00 bits per heavy atom. The van der Waals surface area contributed by atoms with E-state index in [2.05, 4.69) is 17.5 Å². The molecule has 0 saturated heterocycles. The van der Waals surface area contributed by atoms with Crippen molar-refractivity contribution >= 4 is 0 Å². The second-order valence-electron chi connectivity index (χ2n) is 19.1. The van der Waals surface area contributed by atoms with Gasteiger partial charge >= 0.3 is 0 Å². The first-order chi connectivity index (χ1) is 22.7. The summed E-state index contributed by atoms with van der Waals surface area (Å²) in [4.78, 5) is 0. The molecule has 0 radical (unpaired) electrons. The van der Waals surface area contributed by atoms with Crippen LogP contribution in [-0.4, -0.2) is 23.3 Å². The van der Waals surface area contributed by atoms with Crippen molar-refractivity contribution in [3.63, 3.8) is 0 Å². The number of aliphatic hydroxyl groups excluding tert-OH is 1. The molecule has 0 aliphatic heterocycles. The summed E-state index contributed by atoms with van der Waals surface area (Å²) >= 11 is 0. The van der Waals surface area contributed by atoms with Crippen molar-refractivity contribution < 1.29 is 5.11 Å². The molecule has 10 unspecified atom stereocenters. The quantitative estimate of drug-likeness (QED) is 0.286. The molecule has 10 atom stereocenters. The molecule has 7 saturated carbocycles. The zero-order valence-corrected chi connectivity index (χ0v) is 29.9. The molecule has 8 aliphatic rings. The highest BCUT2D eigenvalue weighted by atomic mass is 16.3.